The number of carbonyl (C=O) groups is 1. The van der Waals surface area contributed by atoms with Crippen molar-refractivity contribution in [3.05, 3.63) is 0 Å². The molecule has 0 aliphatic rings. The number of nitrogens with zero attached hydrogens (tertiary/aromatic N) is 2. The van der Waals surface area contributed by atoms with Crippen molar-refractivity contribution in [2.75, 3.05) is 13.6 Å². The molecule has 0 rings (SSSR count). The zero-order valence-corrected chi connectivity index (χ0v) is 9.68. The number of carboxylic acids is 1. The first-order valence-corrected chi connectivity index (χ1v) is 4.63. The first-order valence-electron chi connectivity index (χ1n) is 3.06. The van der Waals surface area contributed by atoms with Crippen LogP contribution in [0.3, 0.4) is 0 Å². The Hall–Kier alpha value is -1.27. The fourth-order valence-corrected chi connectivity index (χ4v) is 0.913. The SMILES string of the molecule is CN(CC(=O)O)/C(N)=N/P(=O)(O)O.O.O.O.O. The second-order valence-corrected chi connectivity index (χ2v) is 3.45. The van der Waals surface area contributed by atoms with Gasteiger partial charge in [0.1, 0.15) is 6.54 Å². The Morgan fingerprint density at radius 1 is 1.29 bits per heavy atom. The minimum atomic E-state index is -4.59. The molecule has 0 aromatic heterocycles. The molecular weight excluding hydrogens is 265 g/mol. The number of hydrogen-bond donors (Lipinski definition) is 4. The minimum absolute atomic E-state index is 0. The van der Waals surface area contributed by atoms with E-state index < -0.39 is 26.2 Å². The second-order valence-electron chi connectivity index (χ2n) is 2.22. The van der Waals surface area contributed by atoms with Crippen LogP contribution in [0.25, 0.3) is 0 Å². The zero-order valence-electron chi connectivity index (χ0n) is 8.78. The van der Waals surface area contributed by atoms with Crippen molar-refractivity contribution in [1.82, 2.24) is 4.90 Å². The summed E-state index contributed by atoms with van der Waals surface area (Å²) in [5.41, 5.74) is 5.07. The Labute approximate surface area is 95.8 Å². The quantitative estimate of drug-likeness (QED) is 0.222. The van der Waals surface area contributed by atoms with Gasteiger partial charge in [0.15, 0.2) is 0 Å². The molecule has 0 aliphatic heterocycles. The van der Waals surface area contributed by atoms with Crippen molar-refractivity contribution in [2.24, 2.45) is 10.5 Å². The van der Waals surface area contributed by atoms with Crippen molar-refractivity contribution in [3.8, 4) is 0 Å². The van der Waals surface area contributed by atoms with Crippen LogP contribution in [0.15, 0.2) is 4.76 Å². The summed E-state index contributed by atoms with van der Waals surface area (Å²) < 4.78 is 13.1. The predicted octanol–water partition coefficient (Wildman–Crippen LogP) is -4.89. The van der Waals surface area contributed by atoms with E-state index in [-0.39, 0.29) is 21.9 Å². The van der Waals surface area contributed by atoms with Gasteiger partial charge in [0, 0.05) is 7.05 Å². The van der Waals surface area contributed by atoms with Crippen LogP contribution in [0.4, 0.5) is 0 Å². The lowest BCUT2D eigenvalue weighted by Gasteiger charge is -2.14. The topological polar surface area (TPSA) is 262 Å². The third-order valence-electron chi connectivity index (χ3n) is 0.996. The average Bonchev–Trinajstić information content (AvgIpc) is 1.81. The van der Waals surface area contributed by atoms with Gasteiger partial charge >= 0.3 is 13.7 Å². The highest BCUT2D eigenvalue weighted by atomic mass is 31.2. The van der Waals surface area contributed by atoms with Crippen LogP contribution >= 0.6 is 7.75 Å². The molecule has 13 heteroatoms. The maximum Gasteiger partial charge on any atom is 0.451 e. The Kier molecular flexibility index (Phi) is 19.6. The summed E-state index contributed by atoms with van der Waals surface area (Å²) in [6, 6.07) is 0. The number of aliphatic carboxylic acids is 1. The van der Waals surface area contributed by atoms with Crippen LogP contribution in [0.2, 0.25) is 0 Å². The number of carboxylic acid groups (broad SMARTS) is 1. The van der Waals surface area contributed by atoms with Crippen LogP contribution in [-0.2, 0) is 9.36 Å². The molecule has 0 amide bonds. The van der Waals surface area contributed by atoms with Gasteiger partial charge in [-0.1, -0.05) is 0 Å². The lowest BCUT2D eigenvalue weighted by atomic mass is 10.6. The van der Waals surface area contributed by atoms with E-state index in [4.69, 9.17) is 20.6 Å². The molecule has 0 atom stereocenters. The highest BCUT2D eigenvalue weighted by Crippen LogP contribution is 2.35. The Morgan fingerprint density at radius 3 is 1.88 bits per heavy atom. The van der Waals surface area contributed by atoms with E-state index in [9.17, 15) is 9.36 Å². The van der Waals surface area contributed by atoms with E-state index in [2.05, 4.69) is 4.76 Å². The second kappa shape index (κ2) is 11.2. The normalized spacial score (nSPS) is 9.71. The lowest BCUT2D eigenvalue weighted by molar-refractivity contribution is -0.137. The van der Waals surface area contributed by atoms with Gasteiger partial charge in [-0.25, -0.2) is 4.57 Å². The minimum Gasteiger partial charge on any atom is -0.480 e. The van der Waals surface area contributed by atoms with Crippen molar-refractivity contribution < 1.29 is 46.2 Å². The Bertz CT molecular complexity index is 275. The first kappa shape index (κ1) is 29.6. The summed E-state index contributed by atoms with van der Waals surface area (Å²) in [4.78, 5) is 27.7. The van der Waals surface area contributed by atoms with Gasteiger partial charge in [-0.05, 0) is 0 Å². The molecule has 0 saturated carbocycles. The number of rotatable bonds is 3. The monoisotopic (exact) mass is 283 g/mol. The smallest absolute Gasteiger partial charge is 0.451 e. The van der Waals surface area contributed by atoms with Crippen molar-refractivity contribution in [3.63, 3.8) is 0 Å². The van der Waals surface area contributed by atoms with Crippen molar-refractivity contribution >= 4 is 19.7 Å². The lowest BCUT2D eigenvalue weighted by Crippen LogP contribution is -2.37. The molecular formula is C4H18N3O9P. The van der Waals surface area contributed by atoms with Gasteiger partial charge < -0.3 is 47.4 Å². The highest BCUT2D eigenvalue weighted by Gasteiger charge is 2.14. The summed E-state index contributed by atoms with van der Waals surface area (Å²) in [5.74, 6) is -1.69. The fourth-order valence-electron chi connectivity index (χ4n) is 0.494. The van der Waals surface area contributed by atoms with E-state index >= 15 is 0 Å². The number of hydrogen-bond acceptors (Lipinski definition) is 2. The van der Waals surface area contributed by atoms with Crippen molar-refractivity contribution in [2.45, 2.75) is 0 Å². The van der Waals surface area contributed by atoms with Crippen LogP contribution in [0.5, 0.6) is 0 Å². The highest BCUT2D eigenvalue weighted by molar-refractivity contribution is 7.50. The van der Waals surface area contributed by atoms with Gasteiger partial charge in [-0.3, -0.25) is 4.79 Å². The van der Waals surface area contributed by atoms with Crippen LogP contribution < -0.4 is 5.73 Å². The number of likely N-dealkylation sites (N-methyl/N-ethyl adjacent to an activating group) is 1. The molecule has 0 aliphatic carbocycles. The van der Waals surface area contributed by atoms with Gasteiger partial charge in [-0.15, -0.1) is 4.76 Å². The van der Waals surface area contributed by atoms with Crippen LogP contribution in [0, 0.1) is 0 Å². The summed E-state index contributed by atoms with van der Waals surface area (Å²) >= 11 is 0. The molecule has 0 radical (unpaired) electrons. The van der Waals surface area contributed by atoms with Crippen LogP contribution in [0.1, 0.15) is 0 Å². The first-order chi connectivity index (χ1) is 5.72. The number of guanidine groups is 1. The predicted molar refractivity (Wildman–Crippen MR) is 58.4 cm³/mol. The molecule has 17 heavy (non-hydrogen) atoms. The van der Waals surface area contributed by atoms with E-state index in [0.29, 0.717) is 0 Å². The molecule has 0 unspecified atom stereocenters. The molecule has 0 heterocycles. The maximum absolute atomic E-state index is 10.3. The van der Waals surface area contributed by atoms with Gasteiger partial charge in [-0.2, -0.15) is 0 Å². The standard InChI is InChI=1S/C4H10N3O5P.4H2O/c1-7(2-3(8)9)4(5)6-13(10,11)12;;;;/h2H2,1H3,(H,8,9)(H4,5,6,10,11,12);4*1H2. The largest absolute Gasteiger partial charge is 0.480 e. The summed E-state index contributed by atoms with van der Waals surface area (Å²) in [5, 5.41) is 8.28. The molecule has 12 nitrogen and oxygen atoms in total. The van der Waals surface area contributed by atoms with E-state index in [1.54, 1.807) is 0 Å². The van der Waals surface area contributed by atoms with Gasteiger partial charge in [0.05, 0.1) is 0 Å². The molecule has 0 aromatic rings. The molecule has 13 N–H and O–H groups in total. The molecule has 0 aromatic carbocycles. The van der Waals surface area contributed by atoms with Gasteiger partial charge in [0.2, 0.25) is 5.96 Å². The molecule has 0 bridgehead atoms. The van der Waals surface area contributed by atoms with Crippen LogP contribution in [-0.4, -0.2) is 67.2 Å². The third-order valence-corrected chi connectivity index (χ3v) is 1.46. The number of nitrogens with two attached hydrogens (primary N) is 1. The zero-order chi connectivity index (χ0) is 10.6. The van der Waals surface area contributed by atoms with Crippen molar-refractivity contribution in [1.29, 1.82) is 0 Å². The molecule has 0 fully saturated rings. The summed E-state index contributed by atoms with van der Waals surface area (Å²) in [6.07, 6.45) is 0. The summed E-state index contributed by atoms with van der Waals surface area (Å²) in [6.45, 7) is -0.477. The molecule has 0 spiro atoms. The average molecular weight is 283 g/mol. The molecule has 0 saturated heterocycles. The Balaban J connectivity index is -0.000000120. The Morgan fingerprint density at radius 2 is 1.65 bits per heavy atom. The maximum atomic E-state index is 10.3. The summed E-state index contributed by atoms with van der Waals surface area (Å²) in [7, 11) is -3.34. The third kappa shape index (κ3) is 17.3. The van der Waals surface area contributed by atoms with E-state index in [1.807, 2.05) is 0 Å². The van der Waals surface area contributed by atoms with Gasteiger partial charge in [0.25, 0.3) is 0 Å². The molecule has 108 valence electrons. The van der Waals surface area contributed by atoms with E-state index in [1.165, 1.54) is 7.05 Å². The fraction of sp³-hybridized carbons (Fsp3) is 0.500. The van der Waals surface area contributed by atoms with E-state index in [0.717, 1.165) is 4.90 Å².